The predicted octanol–water partition coefficient (Wildman–Crippen LogP) is 18.7. The zero-order valence-corrected chi connectivity index (χ0v) is 45.3. The van der Waals surface area contributed by atoms with Crippen molar-refractivity contribution in [2.45, 2.75) is 52.4 Å². The first-order chi connectivity index (χ1) is 41.0. The van der Waals surface area contributed by atoms with Gasteiger partial charge < -0.3 is 9.30 Å². The van der Waals surface area contributed by atoms with E-state index >= 15 is 0 Å². The zero-order valence-electron chi connectivity index (χ0n) is 50.3. The Kier molecular flexibility index (Phi) is 9.45. The number of para-hydroxylation sites is 4. The Balaban J connectivity index is 1.01. The van der Waals surface area contributed by atoms with E-state index in [4.69, 9.17) is 13.8 Å². The molecule has 0 saturated heterocycles. The Hall–Kier alpha value is -9.78. The van der Waals surface area contributed by atoms with E-state index in [9.17, 15) is 2.74 Å². The second-order valence-electron chi connectivity index (χ2n) is 23.0. The van der Waals surface area contributed by atoms with E-state index in [1.165, 1.54) is 5.56 Å². The maximum Gasteiger partial charge on any atom is 0.269 e. The summed E-state index contributed by atoms with van der Waals surface area (Å²) in [4.78, 5) is 4.93. The number of aromatic nitrogens is 5. The number of pyridine rings is 1. The average molecular weight is 1040 g/mol. The first-order valence-corrected chi connectivity index (χ1v) is 27.3. The fourth-order valence-corrected chi connectivity index (χ4v) is 12.3. The Labute approximate surface area is 472 Å². The summed E-state index contributed by atoms with van der Waals surface area (Å²) >= 11 is 0. The molecule has 6 nitrogen and oxygen atoms in total. The van der Waals surface area contributed by atoms with Gasteiger partial charge in [0.1, 0.15) is 17.3 Å². The van der Waals surface area contributed by atoms with Crippen LogP contribution in [0.2, 0.25) is 0 Å². The van der Waals surface area contributed by atoms with Crippen molar-refractivity contribution < 1.29 is 16.2 Å². The molecule has 0 atom stereocenters. The molecule has 0 spiro atoms. The molecule has 0 saturated carbocycles. The quantitative estimate of drug-likeness (QED) is 0.123. The normalized spacial score (nSPS) is 13.2. The van der Waals surface area contributed by atoms with Gasteiger partial charge in [0.25, 0.3) is 6.33 Å². The lowest BCUT2D eigenvalue weighted by atomic mass is 9.82. The molecule has 5 heterocycles. The molecule has 0 radical (unpaired) electrons. The number of ether oxygens (including phenoxy) is 1. The SMILES string of the molecule is [2H]c1c([2H])c([2H])c(-c2cccc3c2-c2ccccc2-c2cc(C(C)(C)C)cc4c2[n+]([c-]n4-c2cccc(Oc4ccc5c6ccccc6n(-c6cc(C(C)(C)C)ccn6)c5c4)c2)-c2c-3cccc2-n2c3ccccc3c3ccccc32)c([2H])c1[2H]. The van der Waals surface area contributed by atoms with Gasteiger partial charge in [-0.05, 0) is 139 Å². The van der Waals surface area contributed by atoms with Crippen LogP contribution < -0.4 is 9.30 Å². The van der Waals surface area contributed by atoms with E-state index in [1.807, 2.05) is 42.6 Å². The Morgan fingerprint density at radius 1 is 0.463 bits per heavy atom. The van der Waals surface area contributed by atoms with Crippen LogP contribution in [0.3, 0.4) is 0 Å². The number of rotatable bonds is 6. The molecule has 10 aromatic carbocycles. The molecule has 0 fully saturated rings. The molecule has 1 aliphatic heterocycles. The minimum Gasteiger partial charge on any atom is -0.458 e. The van der Waals surface area contributed by atoms with Crippen molar-refractivity contribution in [2.24, 2.45) is 0 Å². The Bertz CT molecular complexity index is 5070. The van der Waals surface area contributed by atoms with Crippen LogP contribution in [-0.4, -0.2) is 18.7 Å². The molecule has 4 aromatic heterocycles. The fraction of sp³-hybridized carbons (Fsp3) is 0.108. The van der Waals surface area contributed by atoms with Crippen molar-refractivity contribution in [1.29, 1.82) is 0 Å². The van der Waals surface area contributed by atoms with Gasteiger partial charge in [-0.1, -0.05) is 193 Å². The topological polar surface area (TPSA) is 40.8 Å². The van der Waals surface area contributed by atoms with Gasteiger partial charge in [-0.15, -0.1) is 0 Å². The molecular weight excluding hydrogens is 975 g/mol. The van der Waals surface area contributed by atoms with Gasteiger partial charge in [0.2, 0.25) is 0 Å². The molecule has 0 unspecified atom stereocenters. The number of imidazole rings is 1. The lowest BCUT2D eigenvalue weighted by Gasteiger charge is -2.23. The van der Waals surface area contributed by atoms with Gasteiger partial charge in [-0.25, -0.2) is 4.98 Å². The number of hydrogen-bond acceptors (Lipinski definition) is 2. The molecule has 1 aliphatic rings. The summed E-state index contributed by atoms with van der Waals surface area (Å²) in [6.45, 7) is 13.4. The smallest absolute Gasteiger partial charge is 0.269 e. The van der Waals surface area contributed by atoms with Gasteiger partial charge >= 0.3 is 0 Å². The molecule has 0 aliphatic carbocycles. The Morgan fingerprint density at radius 3 is 1.79 bits per heavy atom. The van der Waals surface area contributed by atoms with Crippen LogP contribution in [-0.2, 0) is 10.8 Å². The van der Waals surface area contributed by atoms with Crippen molar-refractivity contribution in [3.05, 3.63) is 254 Å². The van der Waals surface area contributed by atoms with Gasteiger partial charge in [0.15, 0.2) is 0 Å². The van der Waals surface area contributed by atoms with E-state index in [0.717, 1.165) is 116 Å². The minimum atomic E-state index is -0.435. The molecule has 80 heavy (non-hydrogen) atoms. The molecular formula is C74H57N5O. The van der Waals surface area contributed by atoms with Crippen LogP contribution in [0.15, 0.2) is 237 Å². The molecule has 384 valence electrons. The van der Waals surface area contributed by atoms with Crippen molar-refractivity contribution >= 4 is 54.6 Å². The third-order valence-electron chi connectivity index (χ3n) is 16.1. The monoisotopic (exact) mass is 1040 g/mol. The second kappa shape index (κ2) is 17.9. The first-order valence-electron chi connectivity index (χ1n) is 29.8. The summed E-state index contributed by atoms with van der Waals surface area (Å²) in [6, 6.07) is 67.9. The first kappa shape index (κ1) is 42.3. The largest absolute Gasteiger partial charge is 0.458 e. The van der Waals surface area contributed by atoms with Crippen LogP contribution in [0.4, 0.5) is 0 Å². The van der Waals surface area contributed by atoms with Gasteiger partial charge in [0, 0.05) is 33.8 Å². The van der Waals surface area contributed by atoms with Crippen LogP contribution in [0.1, 0.15) is 59.5 Å². The van der Waals surface area contributed by atoms with E-state index < -0.39 is 6.04 Å². The standard InChI is InChI=1S/C74H57N5O/c1-73(2,3)48-39-40-75-69(43-48)79-65-35-17-14-28-57(65)58-38-37-52(45-67(58)79)80-51-24-18-23-50(44-51)76-46-77-71-61(32-20-36-66(71)78-63-33-15-12-26-55(63)56-27-13-16-34-64(56)78)60-31-19-30-53(47-21-8-7-9-22-47)70(60)59-29-11-10-25-54(59)62-41-49(74(4,5)6)42-68(76)72(62)77/h7-45H,1-6H3/i7D,8D,9D,21D,22D. The number of benzene rings is 10. The third-order valence-corrected chi connectivity index (χ3v) is 16.1. The zero-order chi connectivity index (χ0) is 58.4. The maximum absolute atomic E-state index is 9.41. The van der Waals surface area contributed by atoms with Crippen LogP contribution in [0.5, 0.6) is 11.5 Å². The van der Waals surface area contributed by atoms with Gasteiger partial charge in [-0.2, -0.15) is 0 Å². The lowest BCUT2D eigenvalue weighted by Crippen LogP contribution is -2.33. The molecule has 0 N–H and O–H groups in total. The van der Waals surface area contributed by atoms with Crippen molar-refractivity contribution in [2.75, 3.05) is 0 Å². The lowest BCUT2D eigenvalue weighted by molar-refractivity contribution is -0.571. The number of fused-ring (bicyclic) bond motifs is 13. The highest BCUT2D eigenvalue weighted by atomic mass is 16.5. The summed E-state index contributed by atoms with van der Waals surface area (Å²) in [6.07, 6.45) is 5.92. The third kappa shape index (κ3) is 7.46. The molecule has 6 heteroatoms. The van der Waals surface area contributed by atoms with E-state index in [2.05, 4.69) is 230 Å². The molecule has 0 amide bonds. The minimum absolute atomic E-state index is 0.0683. The van der Waals surface area contributed by atoms with E-state index in [-0.39, 0.29) is 40.6 Å². The van der Waals surface area contributed by atoms with Gasteiger partial charge in [-0.3, -0.25) is 13.7 Å². The number of hydrogen-bond donors (Lipinski definition) is 0. The maximum atomic E-state index is 9.41. The fourth-order valence-electron chi connectivity index (χ4n) is 12.3. The summed E-state index contributed by atoms with van der Waals surface area (Å²) in [7, 11) is 0. The van der Waals surface area contributed by atoms with Crippen molar-refractivity contribution in [3.8, 4) is 78.9 Å². The summed E-state index contributed by atoms with van der Waals surface area (Å²) in [5.41, 5.74) is 16.2. The van der Waals surface area contributed by atoms with E-state index in [0.29, 0.717) is 17.1 Å². The van der Waals surface area contributed by atoms with Crippen molar-refractivity contribution in [3.63, 3.8) is 0 Å². The van der Waals surface area contributed by atoms with Crippen LogP contribution in [0.25, 0.3) is 122 Å². The highest BCUT2D eigenvalue weighted by molar-refractivity contribution is 6.11. The molecule has 0 bridgehead atoms. The molecule has 14 aromatic rings. The van der Waals surface area contributed by atoms with Gasteiger partial charge in [0.05, 0.1) is 57.0 Å². The van der Waals surface area contributed by atoms with E-state index in [1.54, 1.807) is 0 Å². The summed E-state index contributed by atoms with van der Waals surface area (Å²) in [5, 5.41) is 4.47. The van der Waals surface area contributed by atoms with Crippen LogP contribution >= 0.6 is 0 Å². The Morgan fingerprint density at radius 2 is 1.06 bits per heavy atom. The highest BCUT2D eigenvalue weighted by Crippen LogP contribution is 2.49. The molecule has 15 rings (SSSR count). The summed E-state index contributed by atoms with van der Waals surface area (Å²) < 4.78 is 61.2. The van der Waals surface area contributed by atoms with Crippen molar-refractivity contribution in [1.82, 2.24) is 18.7 Å². The highest BCUT2D eigenvalue weighted by Gasteiger charge is 2.31. The number of nitrogens with zero attached hydrogens (tertiary/aromatic N) is 5. The second-order valence-corrected chi connectivity index (χ2v) is 23.0. The van der Waals surface area contributed by atoms with Crippen LogP contribution in [0, 0.1) is 6.33 Å². The average Bonchev–Trinajstić information content (AvgIpc) is 1.67. The summed E-state index contributed by atoms with van der Waals surface area (Å²) in [5.74, 6) is 2.17. The predicted molar refractivity (Wildman–Crippen MR) is 329 cm³/mol.